The molecule has 3 N–H and O–H groups in total. The zero-order valence-corrected chi connectivity index (χ0v) is 25.1. The van der Waals surface area contributed by atoms with Gasteiger partial charge in [-0.1, -0.05) is 35.3 Å². The SMILES string of the molecule is COc1cc(-c2nn(-c3cccc(NC(=O)NCCNS(=O)(=O)c4ccc(Cl)cc4)c3)cc2-c2ccncc2)ccc1Cl. The number of amides is 2. The van der Waals surface area contributed by atoms with Gasteiger partial charge in [-0.2, -0.15) is 5.10 Å². The Morgan fingerprint density at radius 3 is 2.44 bits per heavy atom. The second kappa shape index (κ2) is 13.3. The Morgan fingerprint density at radius 2 is 1.70 bits per heavy atom. The van der Waals surface area contributed by atoms with E-state index in [1.807, 2.05) is 36.5 Å². The summed E-state index contributed by atoms with van der Waals surface area (Å²) in [5, 5.41) is 11.2. The fourth-order valence-corrected chi connectivity index (χ4v) is 5.58. The summed E-state index contributed by atoms with van der Waals surface area (Å²) in [6, 6.07) is 21.8. The molecular weight excluding hydrogens is 611 g/mol. The zero-order valence-electron chi connectivity index (χ0n) is 22.8. The van der Waals surface area contributed by atoms with Crippen molar-refractivity contribution in [3.05, 3.63) is 107 Å². The number of carbonyl (C=O) groups is 1. The van der Waals surface area contributed by atoms with Crippen LogP contribution in [-0.4, -0.2) is 49.4 Å². The van der Waals surface area contributed by atoms with E-state index >= 15 is 0 Å². The minimum atomic E-state index is -3.73. The number of carbonyl (C=O) groups excluding carboxylic acids is 1. The smallest absolute Gasteiger partial charge is 0.319 e. The topological polar surface area (TPSA) is 127 Å². The van der Waals surface area contributed by atoms with Crippen LogP contribution in [0.4, 0.5) is 10.5 Å². The number of halogens is 2. The molecule has 43 heavy (non-hydrogen) atoms. The Kier molecular flexibility index (Phi) is 9.27. The van der Waals surface area contributed by atoms with Crippen molar-refractivity contribution in [2.75, 3.05) is 25.5 Å². The van der Waals surface area contributed by atoms with Crippen LogP contribution < -0.4 is 20.1 Å². The van der Waals surface area contributed by atoms with Gasteiger partial charge in [-0.15, -0.1) is 0 Å². The molecule has 0 saturated carbocycles. The van der Waals surface area contributed by atoms with Crippen LogP contribution in [0.1, 0.15) is 0 Å². The summed E-state index contributed by atoms with van der Waals surface area (Å²) in [4.78, 5) is 16.8. The van der Waals surface area contributed by atoms with E-state index in [2.05, 4.69) is 20.3 Å². The Bertz CT molecular complexity index is 1850. The molecule has 0 fully saturated rings. The fourth-order valence-electron chi connectivity index (χ4n) is 4.23. The van der Waals surface area contributed by atoms with Crippen LogP contribution in [0.3, 0.4) is 0 Å². The van der Waals surface area contributed by atoms with Gasteiger partial charge in [0, 0.05) is 53.5 Å². The van der Waals surface area contributed by atoms with Crippen molar-refractivity contribution in [2.45, 2.75) is 4.90 Å². The maximum atomic E-state index is 12.5. The van der Waals surface area contributed by atoms with Crippen molar-refractivity contribution in [2.24, 2.45) is 0 Å². The van der Waals surface area contributed by atoms with E-state index in [1.54, 1.807) is 48.5 Å². The molecular formula is C30H26Cl2N6O4S. The molecule has 5 aromatic rings. The number of pyridine rings is 1. The summed E-state index contributed by atoms with van der Waals surface area (Å²) >= 11 is 12.1. The van der Waals surface area contributed by atoms with Gasteiger partial charge in [-0.25, -0.2) is 22.6 Å². The normalized spacial score (nSPS) is 11.2. The number of nitrogens with one attached hydrogen (secondary N) is 3. The summed E-state index contributed by atoms with van der Waals surface area (Å²) < 4.78 is 34.4. The molecule has 2 aromatic heterocycles. The predicted molar refractivity (Wildman–Crippen MR) is 167 cm³/mol. The van der Waals surface area contributed by atoms with E-state index < -0.39 is 16.1 Å². The highest BCUT2D eigenvalue weighted by molar-refractivity contribution is 7.89. The number of benzene rings is 3. The molecule has 0 aliphatic rings. The van der Waals surface area contributed by atoms with Crippen molar-refractivity contribution < 1.29 is 17.9 Å². The molecule has 3 aromatic carbocycles. The number of anilines is 1. The Hall–Kier alpha value is -4.42. The molecule has 0 aliphatic heterocycles. The standard InChI is InChI=1S/C30H26Cl2N6O4S/c1-42-28-17-21(5-10-27(28)32)29-26(20-11-13-33-14-12-20)19-38(37-29)24-4-2-3-23(18-24)36-30(39)34-15-16-35-43(40,41)25-8-6-22(31)7-9-25/h2-14,17-19,35H,15-16H2,1H3,(H2,34,36,39). The van der Waals surface area contributed by atoms with Crippen molar-refractivity contribution in [3.63, 3.8) is 0 Å². The van der Waals surface area contributed by atoms with Gasteiger partial charge in [-0.05, 0) is 72.3 Å². The minimum Gasteiger partial charge on any atom is -0.495 e. The molecule has 13 heteroatoms. The lowest BCUT2D eigenvalue weighted by molar-refractivity contribution is 0.252. The van der Waals surface area contributed by atoms with E-state index in [0.717, 1.165) is 16.7 Å². The van der Waals surface area contributed by atoms with Crippen LogP contribution >= 0.6 is 23.2 Å². The number of hydrogen-bond acceptors (Lipinski definition) is 6. The molecule has 0 saturated heterocycles. The maximum absolute atomic E-state index is 12.5. The summed E-state index contributed by atoms with van der Waals surface area (Å²) in [6.07, 6.45) is 5.33. The van der Waals surface area contributed by atoms with Gasteiger partial charge in [0.1, 0.15) is 11.4 Å². The number of sulfonamides is 1. The third-order valence-corrected chi connectivity index (χ3v) is 8.37. The molecule has 0 bridgehead atoms. The lowest BCUT2D eigenvalue weighted by atomic mass is 10.0. The Morgan fingerprint density at radius 1 is 0.930 bits per heavy atom. The van der Waals surface area contributed by atoms with Gasteiger partial charge in [-0.3, -0.25) is 4.98 Å². The Labute approximate surface area is 258 Å². The molecule has 10 nitrogen and oxygen atoms in total. The van der Waals surface area contributed by atoms with E-state index in [1.165, 1.54) is 24.3 Å². The van der Waals surface area contributed by atoms with Gasteiger partial charge in [0.15, 0.2) is 0 Å². The van der Waals surface area contributed by atoms with Gasteiger partial charge >= 0.3 is 6.03 Å². The Balaban J connectivity index is 1.29. The first-order valence-corrected chi connectivity index (χ1v) is 15.2. The molecule has 0 atom stereocenters. The summed E-state index contributed by atoms with van der Waals surface area (Å²) in [5.74, 6) is 0.532. The number of ether oxygens (including phenoxy) is 1. The first-order valence-electron chi connectivity index (χ1n) is 13.0. The average Bonchev–Trinajstić information content (AvgIpc) is 3.46. The number of rotatable bonds is 10. The van der Waals surface area contributed by atoms with Crippen LogP contribution in [0.15, 0.2) is 102 Å². The maximum Gasteiger partial charge on any atom is 0.319 e. The zero-order chi connectivity index (χ0) is 30.4. The lowest BCUT2D eigenvalue weighted by Crippen LogP contribution is -2.36. The van der Waals surface area contributed by atoms with Crippen LogP contribution in [0, 0.1) is 0 Å². The van der Waals surface area contributed by atoms with Gasteiger partial charge in [0.25, 0.3) is 0 Å². The van der Waals surface area contributed by atoms with E-state index in [9.17, 15) is 13.2 Å². The first kappa shape index (κ1) is 30.1. The van der Waals surface area contributed by atoms with Crippen molar-refractivity contribution in [3.8, 4) is 33.8 Å². The molecule has 2 heterocycles. The van der Waals surface area contributed by atoms with Crippen LogP contribution in [0.2, 0.25) is 10.0 Å². The molecule has 0 radical (unpaired) electrons. The number of urea groups is 1. The highest BCUT2D eigenvalue weighted by Crippen LogP contribution is 2.36. The first-order chi connectivity index (χ1) is 20.7. The fraction of sp³-hybridized carbons (Fsp3) is 0.100. The van der Waals surface area contributed by atoms with Crippen LogP contribution in [0.5, 0.6) is 5.75 Å². The largest absolute Gasteiger partial charge is 0.495 e. The van der Waals surface area contributed by atoms with Gasteiger partial charge in [0.05, 0.1) is 22.7 Å². The number of hydrogen-bond donors (Lipinski definition) is 3. The molecule has 2 amide bonds. The number of nitrogens with zero attached hydrogens (tertiary/aromatic N) is 3. The van der Waals surface area contributed by atoms with Crippen molar-refractivity contribution in [1.29, 1.82) is 0 Å². The molecule has 5 rings (SSSR count). The number of methoxy groups -OCH3 is 1. The summed E-state index contributed by atoms with van der Waals surface area (Å²) in [6.45, 7) is 0.0719. The predicted octanol–water partition coefficient (Wildman–Crippen LogP) is 6.02. The average molecular weight is 638 g/mol. The minimum absolute atomic E-state index is 0.00174. The van der Waals surface area contributed by atoms with Crippen LogP contribution in [0.25, 0.3) is 28.1 Å². The van der Waals surface area contributed by atoms with Crippen LogP contribution in [-0.2, 0) is 10.0 Å². The monoisotopic (exact) mass is 636 g/mol. The highest BCUT2D eigenvalue weighted by Gasteiger charge is 2.17. The van der Waals surface area contributed by atoms with E-state index in [0.29, 0.717) is 32.9 Å². The molecule has 0 unspecified atom stereocenters. The number of aromatic nitrogens is 3. The quantitative estimate of drug-likeness (QED) is 0.161. The third-order valence-electron chi connectivity index (χ3n) is 6.33. The second-order valence-corrected chi connectivity index (χ2v) is 11.8. The third kappa shape index (κ3) is 7.33. The second-order valence-electron chi connectivity index (χ2n) is 9.20. The highest BCUT2D eigenvalue weighted by atomic mass is 35.5. The molecule has 220 valence electrons. The molecule has 0 spiro atoms. The van der Waals surface area contributed by atoms with E-state index in [-0.39, 0.29) is 18.0 Å². The van der Waals surface area contributed by atoms with Crippen molar-refractivity contribution >= 4 is 44.9 Å². The van der Waals surface area contributed by atoms with Gasteiger partial charge < -0.3 is 15.4 Å². The van der Waals surface area contributed by atoms with Crippen molar-refractivity contribution in [1.82, 2.24) is 24.8 Å². The lowest BCUT2D eigenvalue weighted by Gasteiger charge is -2.10. The molecule has 0 aliphatic carbocycles. The van der Waals surface area contributed by atoms with E-state index in [4.69, 9.17) is 33.0 Å². The summed E-state index contributed by atoms with van der Waals surface area (Å²) in [7, 11) is -2.17. The summed E-state index contributed by atoms with van der Waals surface area (Å²) in [5.41, 5.74) is 4.53. The van der Waals surface area contributed by atoms with Gasteiger partial charge in [0.2, 0.25) is 10.0 Å².